The zero-order valence-electron chi connectivity index (χ0n) is 10.3. The van der Waals surface area contributed by atoms with Crippen LogP contribution in [0.1, 0.15) is 10.5 Å². The van der Waals surface area contributed by atoms with E-state index in [2.05, 4.69) is 31.7 Å². The lowest BCUT2D eigenvalue weighted by Gasteiger charge is -2.09. The Balaban J connectivity index is 2.32. The minimum Gasteiger partial charge on any atom is -0.318 e. The topological polar surface area (TPSA) is 80.0 Å². The Hall–Kier alpha value is -1.77. The fourth-order valence-electron chi connectivity index (χ4n) is 1.48. The molecule has 21 heavy (non-hydrogen) atoms. The third kappa shape index (κ3) is 3.46. The lowest BCUT2D eigenvalue weighted by molar-refractivity contribution is 0.102. The van der Waals surface area contributed by atoms with Crippen molar-refractivity contribution in [3.05, 3.63) is 51.1 Å². The molecule has 0 aliphatic rings. The Morgan fingerprint density at radius 2 is 2.00 bits per heavy atom. The van der Waals surface area contributed by atoms with Gasteiger partial charge in [-0.15, -0.1) is 0 Å². The van der Waals surface area contributed by atoms with Gasteiger partial charge in [-0.2, -0.15) is 0 Å². The number of carbonyl (C=O) groups is 1. The molecule has 0 spiro atoms. The average molecular weight is 378 g/mol. The minimum absolute atomic E-state index is 0.0458. The number of halogens is 4. The average Bonchev–Trinajstić information content (AvgIpc) is 2.45. The summed E-state index contributed by atoms with van der Waals surface area (Å²) in [6.45, 7) is 0. The van der Waals surface area contributed by atoms with E-state index in [0.29, 0.717) is 0 Å². The maximum absolute atomic E-state index is 13.7. The van der Waals surface area contributed by atoms with Gasteiger partial charge in [-0.05, 0) is 34.1 Å². The highest BCUT2D eigenvalue weighted by molar-refractivity contribution is 9.10. The summed E-state index contributed by atoms with van der Waals surface area (Å²) < 4.78 is 27.0. The molecule has 0 saturated heterocycles. The van der Waals surface area contributed by atoms with E-state index in [9.17, 15) is 13.6 Å². The number of nitrogens with two attached hydrogens (primary N) is 1. The van der Waals surface area contributed by atoms with Gasteiger partial charge >= 0.3 is 0 Å². The molecule has 1 heterocycles. The third-order valence-electron chi connectivity index (χ3n) is 2.47. The highest BCUT2D eigenvalue weighted by Crippen LogP contribution is 2.24. The van der Waals surface area contributed by atoms with E-state index in [4.69, 9.17) is 17.4 Å². The quantitative estimate of drug-likeness (QED) is 0.435. The fraction of sp³-hybridized carbons (Fsp3) is 0. The molecule has 9 heteroatoms. The normalized spacial score (nSPS) is 10.3. The summed E-state index contributed by atoms with van der Waals surface area (Å²) in [5.41, 5.74) is 1.75. The van der Waals surface area contributed by atoms with E-state index in [1.807, 2.05) is 0 Å². The molecule has 0 saturated carbocycles. The molecule has 110 valence electrons. The number of hydrogen-bond acceptors (Lipinski definition) is 4. The van der Waals surface area contributed by atoms with Crippen molar-refractivity contribution in [3.63, 3.8) is 0 Å². The summed E-state index contributed by atoms with van der Waals surface area (Å²) in [7, 11) is 0. The molecule has 0 fully saturated rings. The molecule has 0 aliphatic heterocycles. The van der Waals surface area contributed by atoms with E-state index in [1.165, 1.54) is 12.1 Å². The van der Waals surface area contributed by atoms with Gasteiger partial charge < -0.3 is 10.7 Å². The number of anilines is 2. The zero-order chi connectivity index (χ0) is 15.6. The van der Waals surface area contributed by atoms with E-state index in [-0.39, 0.29) is 26.7 Å². The van der Waals surface area contributed by atoms with Crippen LogP contribution in [0, 0.1) is 11.6 Å². The van der Waals surface area contributed by atoms with Crippen LogP contribution in [0.2, 0.25) is 5.02 Å². The smallest absolute Gasteiger partial charge is 0.275 e. The second-order valence-corrected chi connectivity index (χ2v) is 5.13. The van der Waals surface area contributed by atoms with Gasteiger partial charge in [0.15, 0.2) is 0 Å². The standard InChI is InChI=1S/C12H8BrClF2N4O/c13-5-3-8(16)9(4-7(5)15)18-12(21)11-6(14)1-2-10(19-11)20-17/h1-4H,17H2,(H,18,21)(H,19,20). The zero-order valence-corrected chi connectivity index (χ0v) is 12.6. The van der Waals surface area contributed by atoms with Gasteiger partial charge in [0.2, 0.25) is 0 Å². The maximum atomic E-state index is 13.7. The molecular weight excluding hydrogens is 370 g/mol. The lowest BCUT2D eigenvalue weighted by atomic mass is 10.2. The van der Waals surface area contributed by atoms with Crippen molar-refractivity contribution in [3.8, 4) is 0 Å². The predicted molar refractivity (Wildman–Crippen MR) is 79.1 cm³/mol. The number of hydrogen-bond donors (Lipinski definition) is 3. The molecule has 4 N–H and O–H groups in total. The number of nitrogens with zero attached hydrogens (tertiary/aromatic N) is 1. The summed E-state index contributed by atoms with van der Waals surface area (Å²) in [6.07, 6.45) is 0. The maximum Gasteiger partial charge on any atom is 0.275 e. The number of pyridine rings is 1. The number of benzene rings is 1. The number of nitrogen functional groups attached to an aromatic ring is 1. The number of carbonyl (C=O) groups excluding carboxylic acids is 1. The summed E-state index contributed by atoms with van der Waals surface area (Å²) in [6, 6.07) is 4.60. The number of hydrazine groups is 1. The second kappa shape index (κ2) is 6.33. The first-order valence-corrected chi connectivity index (χ1v) is 6.68. The van der Waals surface area contributed by atoms with Gasteiger partial charge in [-0.25, -0.2) is 19.6 Å². The van der Waals surface area contributed by atoms with Crippen LogP contribution in [0.25, 0.3) is 0 Å². The Labute approximate surface area is 131 Å². The van der Waals surface area contributed by atoms with Gasteiger partial charge in [0.05, 0.1) is 15.2 Å². The van der Waals surface area contributed by atoms with E-state index < -0.39 is 17.5 Å². The summed E-state index contributed by atoms with van der Waals surface area (Å²) in [5.74, 6) is 3.06. The molecule has 2 aromatic rings. The van der Waals surface area contributed by atoms with Crippen LogP contribution in [-0.2, 0) is 0 Å². The summed E-state index contributed by atoms with van der Waals surface area (Å²) in [5, 5.41) is 2.24. The molecular formula is C12H8BrClF2N4O. The van der Waals surface area contributed by atoms with E-state index in [1.54, 1.807) is 0 Å². The Bertz CT molecular complexity index is 714. The highest BCUT2D eigenvalue weighted by atomic mass is 79.9. The van der Waals surface area contributed by atoms with Crippen LogP contribution in [0.15, 0.2) is 28.7 Å². The molecule has 5 nitrogen and oxygen atoms in total. The molecule has 0 aliphatic carbocycles. The Morgan fingerprint density at radius 3 is 2.67 bits per heavy atom. The van der Waals surface area contributed by atoms with Crippen LogP contribution in [0.4, 0.5) is 20.3 Å². The third-order valence-corrected chi connectivity index (χ3v) is 3.38. The van der Waals surface area contributed by atoms with Crippen molar-refractivity contribution in [1.82, 2.24) is 4.98 Å². The first-order valence-electron chi connectivity index (χ1n) is 5.51. The van der Waals surface area contributed by atoms with Crippen molar-refractivity contribution in [2.45, 2.75) is 0 Å². The van der Waals surface area contributed by atoms with Crippen LogP contribution in [0.3, 0.4) is 0 Å². The van der Waals surface area contributed by atoms with E-state index in [0.717, 1.165) is 12.1 Å². The van der Waals surface area contributed by atoms with Gasteiger partial charge in [0, 0.05) is 6.07 Å². The number of aromatic nitrogens is 1. The molecule has 0 bridgehead atoms. The molecule has 0 atom stereocenters. The van der Waals surface area contributed by atoms with Crippen molar-refractivity contribution in [2.75, 3.05) is 10.7 Å². The predicted octanol–water partition coefficient (Wildman–Crippen LogP) is 3.31. The Kier molecular flexibility index (Phi) is 4.71. The number of amides is 1. The fourth-order valence-corrected chi connectivity index (χ4v) is 1.99. The molecule has 2 rings (SSSR count). The molecule has 1 aromatic heterocycles. The van der Waals surface area contributed by atoms with Gasteiger partial charge in [0.1, 0.15) is 23.1 Å². The van der Waals surface area contributed by atoms with Gasteiger partial charge in [-0.1, -0.05) is 11.6 Å². The van der Waals surface area contributed by atoms with Crippen molar-refractivity contribution in [2.24, 2.45) is 5.84 Å². The van der Waals surface area contributed by atoms with E-state index >= 15 is 0 Å². The highest BCUT2D eigenvalue weighted by Gasteiger charge is 2.16. The van der Waals surface area contributed by atoms with Crippen LogP contribution >= 0.6 is 27.5 Å². The van der Waals surface area contributed by atoms with Crippen molar-refractivity contribution >= 4 is 44.9 Å². The lowest BCUT2D eigenvalue weighted by Crippen LogP contribution is -2.17. The van der Waals surface area contributed by atoms with Gasteiger partial charge in [0.25, 0.3) is 5.91 Å². The monoisotopic (exact) mass is 376 g/mol. The second-order valence-electron chi connectivity index (χ2n) is 3.87. The molecule has 0 radical (unpaired) electrons. The van der Waals surface area contributed by atoms with Crippen molar-refractivity contribution < 1.29 is 13.6 Å². The summed E-state index contributed by atoms with van der Waals surface area (Å²) >= 11 is 8.68. The van der Waals surface area contributed by atoms with Crippen LogP contribution in [0.5, 0.6) is 0 Å². The first-order chi connectivity index (χ1) is 9.92. The molecule has 0 unspecified atom stereocenters. The SMILES string of the molecule is NNc1ccc(Cl)c(C(=O)Nc2cc(F)c(Br)cc2F)n1. The Morgan fingerprint density at radius 1 is 1.29 bits per heavy atom. The number of rotatable bonds is 3. The molecule has 1 amide bonds. The van der Waals surface area contributed by atoms with Gasteiger partial charge in [-0.3, -0.25) is 4.79 Å². The van der Waals surface area contributed by atoms with Crippen molar-refractivity contribution in [1.29, 1.82) is 0 Å². The minimum atomic E-state index is -0.805. The molecule has 1 aromatic carbocycles. The largest absolute Gasteiger partial charge is 0.318 e. The number of nitrogens with one attached hydrogen (secondary N) is 2. The summed E-state index contributed by atoms with van der Waals surface area (Å²) in [4.78, 5) is 15.9. The first kappa shape index (κ1) is 15.6. The van der Waals surface area contributed by atoms with Crippen LogP contribution in [-0.4, -0.2) is 10.9 Å². The van der Waals surface area contributed by atoms with Crippen LogP contribution < -0.4 is 16.6 Å².